The normalized spacial score (nSPS) is 12.3. The summed E-state index contributed by atoms with van der Waals surface area (Å²) in [6.07, 6.45) is 40.5. The molecule has 6 heteroatoms. The minimum Gasteiger partial charge on any atom is -0.327 e. The van der Waals surface area contributed by atoms with E-state index in [4.69, 9.17) is 28.4 Å². The van der Waals surface area contributed by atoms with Crippen LogP contribution < -0.4 is 0 Å². The van der Waals surface area contributed by atoms with Gasteiger partial charge in [0.1, 0.15) is 0 Å². The van der Waals surface area contributed by atoms with Crippen molar-refractivity contribution in [2.24, 2.45) is 0 Å². The van der Waals surface area contributed by atoms with Gasteiger partial charge in [0, 0.05) is 12.8 Å². The van der Waals surface area contributed by atoms with Crippen molar-refractivity contribution in [3.05, 3.63) is 0 Å². The van der Waals surface area contributed by atoms with E-state index in [2.05, 4.69) is 41.5 Å². The second kappa shape index (κ2) is 40.4. The molecule has 0 aliphatic carbocycles. The third kappa shape index (κ3) is 32.0. The molecule has 0 aromatic carbocycles. The third-order valence-electron chi connectivity index (χ3n) is 9.87. The van der Waals surface area contributed by atoms with Crippen LogP contribution in [-0.2, 0) is 28.4 Å². The van der Waals surface area contributed by atoms with Crippen LogP contribution in [0.3, 0.4) is 0 Å². The summed E-state index contributed by atoms with van der Waals surface area (Å²) >= 11 is 0. The second-order valence-electron chi connectivity index (χ2n) is 15.4. The number of unbranched alkanes of at least 4 members (excludes halogenated alkanes) is 23. The van der Waals surface area contributed by atoms with Gasteiger partial charge in [-0.25, -0.2) is 0 Å². The summed E-state index contributed by atoms with van der Waals surface area (Å²) < 4.78 is 36.7. The molecule has 0 rings (SSSR count). The van der Waals surface area contributed by atoms with Crippen LogP contribution in [-0.4, -0.2) is 51.6 Å². The zero-order chi connectivity index (χ0) is 38.1. The molecule has 0 fully saturated rings. The van der Waals surface area contributed by atoms with Crippen LogP contribution in [0.4, 0.5) is 0 Å². The lowest BCUT2D eigenvalue weighted by molar-refractivity contribution is -0.384. The maximum absolute atomic E-state index is 6.11. The van der Waals surface area contributed by atoms with Crippen LogP contribution in [0.5, 0.6) is 0 Å². The summed E-state index contributed by atoms with van der Waals surface area (Å²) in [6.45, 7) is 17.0. The molecule has 0 aliphatic heterocycles. The molecule has 0 aromatic heterocycles. The van der Waals surface area contributed by atoms with Gasteiger partial charge in [-0.2, -0.15) is 0 Å². The molecule has 0 N–H and O–H groups in total. The SMILES string of the molecule is CCCOC(CCCCCCCCCCCCCCCCCCCCCCCCCCC(OCCC)(OCCC)OCCC)(OCCC)OCCC. The first-order valence-electron chi connectivity index (χ1n) is 23.4. The Morgan fingerprint density at radius 1 is 0.212 bits per heavy atom. The Kier molecular flexibility index (Phi) is 40.2. The van der Waals surface area contributed by atoms with E-state index >= 15 is 0 Å². The Balaban J connectivity index is 3.60. The quantitative estimate of drug-likeness (QED) is 0.0457. The molecule has 52 heavy (non-hydrogen) atoms. The van der Waals surface area contributed by atoms with Gasteiger partial charge in [0.2, 0.25) is 0 Å². The Labute approximate surface area is 326 Å². The Morgan fingerprint density at radius 3 is 0.481 bits per heavy atom. The Hall–Kier alpha value is -0.240. The fraction of sp³-hybridized carbons (Fsp3) is 1.00. The van der Waals surface area contributed by atoms with Crippen molar-refractivity contribution in [2.75, 3.05) is 39.6 Å². The molecule has 0 bridgehead atoms. The smallest absolute Gasteiger partial charge is 0.282 e. The summed E-state index contributed by atoms with van der Waals surface area (Å²) in [7, 11) is 0. The zero-order valence-electron chi connectivity index (χ0n) is 36.3. The largest absolute Gasteiger partial charge is 0.327 e. The van der Waals surface area contributed by atoms with E-state index < -0.39 is 11.9 Å². The maximum Gasteiger partial charge on any atom is 0.282 e. The zero-order valence-corrected chi connectivity index (χ0v) is 36.3. The van der Waals surface area contributed by atoms with Gasteiger partial charge in [0.05, 0.1) is 39.6 Å². The first-order chi connectivity index (χ1) is 25.6. The van der Waals surface area contributed by atoms with Gasteiger partial charge in [0.15, 0.2) is 0 Å². The highest BCUT2D eigenvalue weighted by atomic mass is 16.9. The highest BCUT2D eigenvalue weighted by molar-refractivity contribution is 4.62. The van der Waals surface area contributed by atoms with Crippen LogP contribution in [0, 0.1) is 0 Å². The van der Waals surface area contributed by atoms with E-state index in [0.717, 1.165) is 64.2 Å². The van der Waals surface area contributed by atoms with Gasteiger partial charge in [-0.3, -0.25) is 0 Å². The summed E-state index contributed by atoms with van der Waals surface area (Å²) in [6, 6.07) is 0. The lowest BCUT2D eigenvalue weighted by Gasteiger charge is -2.33. The van der Waals surface area contributed by atoms with Crippen molar-refractivity contribution < 1.29 is 28.4 Å². The van der Waals surface area contributed by atoms with Crippen LogP contribution >= 0.6 is 0 Å². The molecular weight excluding hydrogens is 649 g/mol. The summed E-state index contributed by atoms with van der Waals surface area (Å²) in [4.78, 5) is 0. The van der Waals surface area contributed by atoms with Crippen LogP contribution in [0.2, 0.25) is 0 Å². The first kappa shape index (κ1) is 51.8. The van der Waals surface area contributed by atoms with Gasteiger partial charge in [0.25, 0.3) is 11.9 Å². The minimum absolute atomic E-state index is 0.695. The topological polar surface area (TPSA) is 55.4 Å². The molecule has 0 saturated heterocycles. The predicted molar refractivity (Wildman–Crippen MR) is 223 cm³/mol. The fourth-order valence-corrected chi connectivity index (χ4v) is 6.80. The maximum atomic E-state index is 6.11. The van der Waals surface area contributed by atoms with Crippen molar-refractivity contribution in [1.29, 1.82) is 0 Å². The average Bonchev–Trinajstić information content (AvgIpc) is 3.16. The molecule has 0 atom stereocenters. The predicted octanol–water partition coefficient (Wildman–Crippen LogP) is 15.0. The van der Waals surface area contributed by atoms with Crippen molar-refractivity contribution in [3.8, 4) is 0 Å². The number of ether oxygens (including phenoxy) is 6. The average molecular weight is 743 g/mol. The lowest BCUT2D eigenvalue weighted by Crippen LogP contribution is -2.40. The highest BCUT2D eigenvalue weighted by Gasteiger charge is 2.33. The number of hydrogen-bond donors (Lipinski definition) is 0. The molecule has 0 aliphatic rings. The molecule has 0 aromatic rings. The molecule has 0 heterocycles. The number of rotatable bonds is 45. The minimum atomic E-state index is -0.822. The molecular formula is C46H94O6. The molecule has 0 amide bonds. The van der Waals surface area contributed by atoms with E-state index in [9.17, 15) is 0 Å². The van der Waals surface area contributed by atoms with E-state index in [0.29, 0.717) is 39.6 Å². The molecule has 6 nitrogen and oxygen atoms in total. The Morgan fingerprint density at radius 2 is 0.346 bits per heavy atom. The van der Waals surface area contributed by atoms with Crippen molar-refractivity contribution in [2.45, 2.75) is 259 Å². The first-order valence-corrected chi connectivity index (χ1v) is 23.4. The molecule has 0 spiro atoms. The summed E-state index contributed by atoms with van der Waals surface area (Å²) in [5, 5.41) is 0. The van der Waals surface area contributed by atoms with Gasteiger partial charge >= 0.3 is 0 Å². The van der Waals surface area contributed by atoms with Crippen molar-refractivity contribution in [1.82, 2.24) is 0 Å². The van der Waals surface area contributed by atoms with Gasteiger partial charge < -0.3 is 28.4 Å². The number of hydrogen-bond acceptors (Lipinski definition) is 6. The molecule has 314 valence electrons. The van der Waals surface area contributed by atoms with E-state index in [1.54, 1.807) is 0 Å². The summed E-state index contributed by atoms with van der Waals surface area (Å²) in [5.41, 5.74) is 0. The Bertz CT molecular complexity index is 574. The lowest BCUT2D eigenvalue weighted by atomic mass is 10.0. The highest BCUT2D eigenvalue weighted by Crippen LogP contribution is 2.27. The fourth-order valence-electron chi connectivity index (χ4n) is 6.80. The van der Waals surface area contributed by atoms with Gasteiger partial charge in [-0.1, -0.05) is 183 Å². The molecule has 0 saturated carbocycles. The van der Waals surface area contributed by atoms with Crippen molar-refractivity contribution >= 4 is 0 Å². The van der Waals surface area contributed by atoms with Crippen LogP contribution in [0.15, 0.2) is 0 Å². The van der Waals surface area contributed by atoms with Crippen LogP contribution in [0.25, 0.3) is 0 Å². The molecule has 0 unspecified atom stereocenters. The van der Waals surface area contributed by atoms with Gasteiger partial charge in [-0.15, -0.1) is 0 Å². The van der Waals surface area contributed by atoms with Crippen molar-refractivity contribution in [3.63, 3.8) is 0 Å². The second-order valence-corrected chi connectivity index (χ2v) is 15.4. The van der Waals surface area contributed by atoms with Gasteiger partial charge in [-0.05, 0) is 51.4 Å². The van der Waals surface area contributed by atoms with E-state index in [1.165, 1.54) is 141 Å². The molecule has 0 radical (unpaired) electrons. The van der Waals surface area contributed by atoms with Crippen LogP contribution in [0.1, 0.15) is 247 Å². The monoisotopic (exact) mass is 743 g/mol. The standard InChI is InChI=1S/C46H94O6/c1-7-39-47-45(48-40-8-2,49-41-9-3)37-35-33-31-29-27-25-23-21-19-17-15-13-14-16-18-20-22-24-26-28-30-32-34-36-38-46(50-42-10-4,51-43-11-5)52-44-12-6/h7-44H2,1-6H3. The summed E-state index contributed by atoms with van der Waals surface area (Å²) in [5.74, 6) is -1.64. The van der Waals surface area contributed by atoms with E-state index in [1.807, 2.05) is 0 Å². The third-order valence-corrected chi connectivity index (χ3v) is 9.87. The van der Waals surface area contributed by atoms with E-state index in [-0.39, 0.29) is 0 Å².